The van der Waals surface area contributed by atoms with Gasteiger partial charge in [0.05, 0.1) is 9.82 Å². The second kappa shape index (κ2) is 7.17. The van der Waals surface area contributed by atoms with Crippen molar-refractivity contribution in [2.24, 2.45) is 0 Å². The quantitative estimate of drug-likeness (QED) is 0.634. The molecule has 0 aliphatic carbocycles. The average Bonchev–Trinajstić information content (AvgIpc) is 2.48. The summed E-state index contributed by atoms with van der Waals surface area (Å²) in [6, 6.07) is 4.10. The van der Waals surface area contributed by atoms with Crippen LogP contribution in [0.2, 0.25) is 0 Å². The minimum Gasteiger partial charge on any atom is -0.302 e. The minimum atomic E-state index is -3.73. The molecule has 1 aromatic rings. The van der Waals surface area contributed by atoms with Gasteiger partial charge in [-0.25, -0.2) is 13.1 Å². The maximum Gasteiger partial charge on any atom is 0.273 e. The van der Waals surface area contributed by atoms with Gasteiger partial charge < -0.3 is 4.90 Å². The highest BCUT2D eigenvalue weighted by Crippen LogP contribution is 2.24. The molecule has 1 heterocycles. The van der Waals surface area contributed by atoms with E-state index in [1.807, 2.05) is 0 Å². The third kappa shape index (κ3) is 4.02. The van der Waals surface area contributed by atoms with E-state index in [4.69, 9.17) is 0 Å². The van der Waals surface area contributed by atoms with Crippen molar-refractivity contribution in [2.45, 2.75) is 31.1 Å². The molecule has 22 heavy (non-hydrogen) atoms. The number of nitrogens with zero attached hydrogens (tertiary/aromatic N) is 2. The molecule has 0 bridgehead atoms. The Bertz CT molecular complexity index is 639. The van der Waals surface area contributed by atoms with Gasteiger partial charge in [-0.05, 0) is 38.9 Å². The second-order valence-electron chi connectivity index (χ2n) is 5.46. The average molecular weight is 327 g/mol. The van der Waals surface area contributed by atoms with Crippen molar-refractivity contribution in [1.29, 1.82) is 0 Å². The smallest absolute Gasteiger partial charge is 0.273 e. The summed E-state index contributed by atoms with van der Waals surface area (Å²) in [5, 5.41) is 10.9. The van der Waals surface area contributed by atoms with E-state index in [0.29, 0.717) is 13.1 Å². The standard InChI is InChI=1S/C14H21N3O4S/c1-12-13(17(18)19)6-5-7-14(12)22(20,21)15-8-11-16-9-3-2-4-10-16/h5-7,15H,2-4,8-11H2,1H3. The van der Waals surface area contributed by atoms with Crippen molar-refractivity contribution in [1.82, 2.24) is 9.62 Å². The lowest BCUT2D eigenvalue weighted by atomic mass is 10.1. The highest BCUT2D eigenvalue weighted by atomic mass is 32.2. The lowest BCUT2D eigenvalue weighted by Crippen LogP contribution is -2.37. The van der Waals surface area contributed by atoms with Crippen LogP contribution in [0.4, 0.5) is 5.69 Å². The van der Waals surface area contributed by atoms with Crippen molar-refractivity contribution in [2.75, 3.05) is 26.2 Å². The van der Waals surface area contributed by atoms with Crippen LogP contribution in [0.1, 0.15) is 24.8 Å². The summed E-state index contributed by atoms with van der Waals surface area (Å²) < 4.78 is 27.2. The lowest BCUT2D eigenvalue weighted by Gasteiger charge is -2.26. The summed E-state index contributed by atoms with van der Waals surface area (Å²) >= 11 is 0. The molecule has 122 valence electrons. The van der Waals surface area contributed by atoms with Gasteiger partial charge in [-0.3, -0.25) is 10.1 Å². The van der Waals surface area contributed by atoms with Crippen LogP contribution >= 0.6 is 0 Å². The largest absolute Gasteiger partial charge is 0.302 e. The zero-order valence-corrected chi connectivity index (χ0v) is 13.4. The molecule has 1 saturated heterocycles. The number of hydrogen-bond donors (Lipinski definition) is 1. The van der Waals surface area contributed by atoms with Crippen LogP contribution < -0.4 is 4.72 Å². The zero-order valence-electron chi connectivity index (χ0n) is 12.6. The Morgan fingerprint density at radius 2 is 1.95 bits per heavy atom. The Morgan fingerprint density at radius 3 is 2.59 bits per heavy atom. The fourth-order valence-corrected chi connectivity index (χ4v) is 3.97. The number of likely N-dealkylation sites (tertiary alicyclic amines) is 1. The molecule has 1 fully saturated rings. The molecular formula is C14H21N3O4S. The molecular weight excluding hydrogens is 306 g/mol. The first-order valence-corrected chi connectivity index (χ1v) is 8.86. The minimum absolute atomic E-state index is 0.0275. The van der Waals surface area contributed by atoms with Crippen molar-refractivity contribution >= 4 is 15.7 Å². The highest BCUT2D eigenvalue weighted by molar-refractivity contribution is 7.89. The Labute approximate surface area is 130 Å². The predicted molar refractivity (Wildman–Crippen MR) is 83.3 cm³/mol. The zero-order chi connectivity index (χ0) is 16.2. The SMILES string of the molecule is Cc1c([N+](=O)[O-])cccc1S(=O)(=O)NCCN1CCCCC1. The normalized spacial score (nSPS) is 16.6. The number of hydrogen-bond acceptors (Lipinski definition) is 5. The van der Waals surface area contributed by atoms with Crippen LogP contribution in [0.3, 0.4) is 0 Å². The third-order valence-corrected chi connectivity index (χ3v) is 5.52. The first kappa shape index (κ1) is 16.9. The molecule has 8 heteroatoms. The Morgan fingerprint density at radius 1 is 1.27 bits per heavy atom. The van der Waals surface area contributed by atoms with E-state index in [0.717, 1.165) is 25.9 Å². The molecule has 1 aromatic carbocycles. The number of nitro groups is 1. The molecule has 0 amide bonds. The van der Waals surface area contributed by atoms with Crippen LogP contribution in [0.5, 0.6) is 0 Å². The Kier molecular flexibility index (Phi) is 5.49. The molecule has 1 aliphatic heterocycles. The number of rotatable bonds is 6. The molecule has 1 aliphatic rings. The molecule has 0 saturated carbocycles. The summed E-state index contributed by atoms with van der Waals surface area (Å²) in [6.45, 7) is 4.42. The van der Waals surface area contributed by atoms with E-state index >= 15 is 0 Å². The van der Waals surface area contributed by atoms with E-state index < -0.39 is 14.9 Å². The molecule has 0 atom stereocenters. The Hall–Kier alpha value is -1.51. The number of piperidine rings is 1. The summed E-state index contributed by atoms with van der Waals surface area (Å²) in [4.78, 5) is 12.5. The lowest BCUT2D eigenvalue weighted by molar-refractivity contribution is -0.385. The number of nitrogens with one attached hydrogen (secondary N) is 1. The topological polar surface area (TPSA) is 92.5 Å². The molecule has 7 nitrogen and oxygen atoms in total. The van der Waals surface area contributed by atoms with Gasteiger partial charge in [0.25, 0.3) is 5.69 Å². The van der Waals surface area contributed by atoms with E-state index in [9.17, 15) is 18.5 Å². The molecule has 0 unspecified atom stereocenters. The second-order valence-corrected chi connectivity index (χ2v) is 7.19. The van der Waals surface area contributed by atoms with Gasteiger partial charge in [-0.15, -0.1) is 0 Å². The summed E-state index contributed by atoms with van der Waals surface area (Å²) in [7, 11) is -3.73. The van der Waals surface area contributed by atoms with E-state index in [1.165, 1.54) is 31.5 Å². The fourth-order valence-electron chi connectivity index (χ4n) is 2.69. The highest BCUT2D eigenvalue weighted by Gasteiger charge is 2.22. The molecule has 1 N–H and O–H groups in total. The first-order valence-electron chi connectivity index (χ1n) is 7.38. The van der Waals surface area contributed by atoms with Crippen molar-refractivity contribution in [3.8, 4) is 0 Å². The number of benzene rings is 1. The number of nitro benzene ring substituents is 1. The molecule has 0 aromatic heterocycles. The number of sulfonamides is 1. The van der Waals surface area contributed by atoms with Crippen molar-refractivity contribution in [3.63, 3.8) is 0 Å². The van der Waals surface area contributed by atoms with Crippen LogP contribution in [0.15, 0.2) is 23.1 Å². The predicted octanol–water partition coefficient (Wildman–Crippen LogP) is 1.67. The van der Waals surface area contributed by atoms with Gasteiger partial charge >= 0.3 is 0 Å². The Balaban J connectivity index is 2.04. The summed E-state index contributed by atoms with van der Waals surface area (Å²) in [5.41, 5.74) is -0.0168. The van der Waals surface area contributed by atoms with Crippen LogP contribution in [0, 0.1) is 17.0 Å². The maximum absolute atomic E-state index is 12.3. The molecule has 2 rings (SSSR count). The van der Waals surface area contributed by atoms with Gasteiger partial charge in [0.2, 0.25) is 10.0 Å². The van der Waals surface area contributed by atoms with Crippen molar-refractivity contribution in [3.05, 3.63) is 33.9 Å². The van der Waals surface area contributed by atoms with E-state index in [-0.39, 0.29) is 16.1 Å². The van der Waals surface area contributed by atoms with Crippen LogP contribution in [0.25, 0.3) is 0 Å². The summed E-state index contributed by atoms with van der Waals surface area (Å²) in [5.74, 6) is 0. The maximum atomic E-state index is 12.3. The third-order valence-electron chi connectivity index (χ3n) is 3.91. The van der Waals surface area contributed by atoms with Crippen LogP contribution in [-0.4, -0.2) is 44.4 Å². The fraction of sp³-hybridized carbons (Fsp3) is 0.571. The van der Waals surface area contributed by atoms with E-state index in [2.05, 4.69) is 9.62 Å². The molecule has 0 spiro atoms. The van der Waals surface area contributed by atoms with Gasteiger partial charge in [-0.2, -0.15) is 0 Å². The monoisotopic (exact) mass is 327 g/mol. The van der Waals surface area contributed by atoms with Gasteiger partial charge in [0.1, 0.15) is 0 Å². The summed E-state index contributed by atoms with van der Waals surface area (Å²) in [6.07, 6.45) is 3.53. The van der Waals surface area contributed by atoms with Crippen LogP contribution in [-0.2, 0) is 10.0 Å². The first-order chi connectivity index (χ1) is 10.4. The van der Waals surface area contributed by atoms with Gasteiger partial charge in [0.15, 0.2) is 0 Å². The van der Waals surface area contributed by atoms with Gasteiger partial charge in [-0.1, -0.05) is 12.5 Å². The molecule has 0 radical (unpaired) electrons. The van der Waals surface area contributed by atoms with Crippen molar-refractivity contribution < 1.29 is 13.3 Å². The van der Waals surface area contributed by atoms with E-state index in [1.54, 1.807) is 0 Å². The van der Waals surface area contributed by atoms with Gasteiger partial charge in [0, 0.05) is 24.7 Å².